The molecule has 0 amide bonds. The number of fused-ring (bicyclic) bond motifs is 5. The van der Waals surface area contributed by atoms with Crippen LogP contribution < -0.4 is 0 Å². The molecule has 0 radical (unpaired) electrons. The Morgan fingerprint density at radius 2 is 1.89 bits per heavy atom. The number of allylic oxidation sites excluding steroid dienone is 1. The van der Waals surface area contributed by atoms with E-state index >= 15 is 0 Å². The lowest BCUT2D eigenvalue weighted by Crippen LogP contribution is -2.51. The van der Waals surface area contributed by atoms with E-state index in [9.17, 15) is 4.79 Å². The number of carbonyl (C=O) groups excluding carboxylic acids is 1. The molecule has 0 bridgehead atoms. The highest BCUT2D eigenvalue weighted by molar-refractivity contribution is 7.11. The number of nitrogens with zero attached hydrogens (tertiary/aromatic N) is 1. The fraction of sp³-hybridized carbons (Fsp3) is 0.806. The number of hydrogen-bond acceptors (Lipinski definition) is 4. The molecule has 3 nitrogen and oxygen atoms in total. The van der Waals surface area contributed by atoms with Crippen LogP contribution in [0.3, 0.4) is 0 Å². The Balaban J connectivity index is 1.26. The van der Waals surface area contributed by atoms with Crippen LogP contribution in [0.25, 0.3) is 0 Å². The first-order valence-electron chi connectivity index (χ1n) is 14.8. The van der Waals surface area contributed by atoms with Gasteiger partial charge in [0.1, 0.15) is 15.5 Å². The number of aromatic nitrogens is 1. The second kappa shape index (κ2) is 10.8. The van der Waals surface area contributed by atoms with Gasteiger partial charge in [-0.05, 0) is 103 Å². The quantitative estimate of drug-likeness (QED) is 0.244. The first kappa shape index (κ1) is 28.0. The van der Waals surface area contributed by atoms with Crippen LogP contribution in [0.4, 0.5) is 0 Å². The molecule has 0 aliphatic heterocycles. The highest BCUT2D eigenvalue weighted by atomic mass is 35.5. The number of halogens is 2. The number of rotatable bonds is 7. The van der Waals surface area contributed by atoms with Crippen molar-refractivity contribution in [2.24, 2.45) is 46.3 Å². The van der Waals surface area contributed by atoms with Gasteiger partial charge >= 0.3 is 5.97 Å². The van der Waals surface area contributed by atoms with Crippen molar-refractivity contribution in [3.63, 3.8) is 0 Å². The first-order valence-corrected chi connectivity index (χ1v) is 16.3. The Kier molecular flexibility index (Phi) is 8.14. The van der Waals surface area contributed by atoms with Crippen molar-refractivity contribution in [2.75, 3.05) is 0 Å². The number of esters is 1. The number of hydrogen-bond donors (Lipinski definition) is 0. The molecule has 0 unspecified atom stereocenters. The molecule has 206 valence electrons. The van der Waals surface area contributed by atoms with E-state index < -0.39 is 5.97 Å². The van der Waals surface area contributed by atoms with Gasteiger partial charge in [0.15, 0.2) is 5.69 Å². The van der Waals surface area contributed by atoms with Gasteiger partial charge in [0.2, 0.25) is 0 Å². The predicted molar refractivity (Wildman–Crippen MR) is 154 cm³/mol. The van der Waals surface area contributed by atoms with Crippen molar-refractivity contribution >= 4 is 40.7 Å². The molecule has 37 heavy (non-hydrogen) atoms. The molecular formula is C31H45Cl2NO2S. The minimum atomic E-state index is -0.441. The molecule has 3 saturated carbocycles. The molecular weight excluding hydrogens is 521 g/mol. The zero-order valence-electron chi connectivity index (χ0n) is 23.3. The third kappa shape index (κ3) is 5.06. The van der Waals surface area contributed by atoms with Gasteiger partial charge in [-0.3, -0.25) is 0 Å². The summed E-state index contributed by atoms with van der Waals surface area (Å²) < 4.78 is 10.3. The first-order chi connectivity index (χ1) is 17.5. The van der Waals surface area contributed by atoms with Gasteiger partial charge in [0.05, 0.1) is 0 Å². The van der Waals surface area contributed by atoms with Crippen LogP contribution in [0.5, 0.6) is 0 Å². The highest BCUT2D eigenvalue weighted by Gasteiger charge is 2.59. The summed E-state index contributed by atoms with van der Waals surface area (Å²) in [6, 6.07) is 0. The summed E-state index contributed by atoms with van der Waals surface area (Å²) in [6.45, 7) is 12.5. The molecule has 1 heterocycles. The van der Waals surface area contributed by atoms with Crippen LogP contribution in [0, 0.1) is 46.3 Å². The maximum atomic E-state index is 12.7. The monoisotopic (exact) mass is 565 g/mol. The van der Waals surface area contributed by atoms with Crippen molar-refractivity contribution in [1.29, 1.82) is 0 Å². The summed E-state index contributed by atoms with van der Waals surface area (Å²) in [5, 5.41) is 0.214. The van der Waals surface area contributed by atoms with Gasteiger partial charge in [-0.15, -0.1) is 0 Å². The SMILES string of the molecule is CC(C)CCC[C@@H](C)[C@H]1CC[C@@H]2[C@@H]3CC=C4C[C@@H](OC(=O)c5nsc(Cl)c5Cl)CC[C@]4(C)[C@@H]3CC[C@@]21C. The Labute approximate surface area is 238 Å². The zero-order chi connectivity index (χ0) is 26.5. The van der Waals surface area contributed by atoms with E-state index in [0.717, 1.165) is 66.3 Å². The molecule has 4 aliphatic carbocycles. The Bertz CT molecular complexity index is 1040. The predicted octanol–water partition coefficient (Wildman–Crippen LogP) is 10.0. The van der Waals surface area contributed by atoms with E-state index in [2.05, 4.69) is 45.1 Å². The Morgan fingerprint density at radius 3 is 2.59 bits per heavy atom. The van der Waals surface area contributed by atoms with Crippen molar-refractivity contribution in [3.8, 4) is 0 Å². The van der Waals surface area contributed by atoms with Gasteiger partial charge in [0, 0.05) is 6.42 Å². The van der Waals surface area contributed by atoms with E-state index in [4.69, 9.17) is 27.9 Å². The smallest absolute Gasteiger partial charge is 0.359 e. The van der Waals surface area contributed by atoms with Gasteiger partial charge < -0.3 is 4.74 Å². The molecule has 5 rings (SSSR count). The van der Waals surface area contributed by atoms with Crippen molar-refractivity contribution < 1.29 is 9.53 Å². The lowest BCUT2D eigenvalue weighted by atomic mass is 9.47. The average Bonchev–Trinajstić information content (AvgIpc) is 3.37. The van der Waals surface area contributed by atoms with E-state index in [1.807, 2.05) is 0 Å². The van der Waals surface area contributed by atoms with Crippen LogP contribution in [0.2, 0.25) is 9.36 Å². The lowest BCUT2D eigenvalue weighted by molar-refractivity contribution is -0.0595. The van der Waals surface area contributed by atoms with Crippen LogP contribution in [-0.2, 0) is 4.74 Å². The van der Waals surface area contributed by atoms with Crippen molar-refractivity contribution in [3.05, 3.63) is 26.7 Å². The van der Waals surface area contributed by atoms with Crippen LogP contribution in [0.15, 0.2) is 11.6 Å². The zero-order valence-corrected chi connectivity index (χ0v) is 25.7. The Hall–Kier alpha value is -0.580. The van der Waals surface area contributed by atoms with Gasteiger partial charge in [0.25, 0.3) is 0 Å². The molecule has 0 aromatic carbocycles. The third-order valence-electron chi connectivity index (χ3n) is 11.3. The maximum absolute atomic E-state index is 12.7. The van der Waals surface area contributed by atoms with E-state index in [-0.39, 0.29) is 22.2 Å². The fourth-order valence-electron chi connectivity index (χ4n) is 9.35. The summed E-state index contributed by atoms with van der Waals surface area (Å²) in [4.78, 5) is 12.7. The summed E-state index contributed by atoms with van der Waals surface area (Å²) in [7, 11) is 0. The normalized spacial score (nSPS) is 37.9. The maximum Gasteiger partial charge on any atom is 0.359 e. The summed E-state index contributed by atoms with van der Waals surface area (Å²) >= 11 is 13.2. The van der Waals surface area contributed by atoms with Gasteiger partial charge in [-0.2, -0.15) is 4.37 Å². The van der Waals surface area contributed by atoms with E-state index in [1.165, 1.54) is 56.9 Å². The highest BCUT2D eigenvalue weighted by Crippen LogP contribution is 2.67. The molecule has 8 atom stereocenters. The summed E-state index contributed by atoms with van der Waals surface area (Å²) in [5.41, 5.74) is 2.44. The molecule has 0 saturated heterocycles. The molecule has 4 aliphatic rings. The molecule has 6 heteroatoms. The van der Waals surface area contributed by atoms with Crippen LogP contribution >= 0.6 is 34.7 Å². The summed E-state index contributed by atoms with van der Waals surface area (Å²) in [6.07, 6.45) is 16.3. The topological polar surface area (TPSA) is 39.2 Å². The second-order valence-electron chi connectivity index (χ2n) is 13.7. The minimum absolute atomic E-state index is 0.101. The van der Waals surface area contributed by atoms with Crippen LogP contribution in [0.1, 0.15) is 116 Å². The number of carbonyl (C=O) groups is 1. The van der Waals surface area contributed by atoms with Crippen LogP contribution in [-0.4, -0.2) is 16.4 Å². The summed E-state index contributed by atoms with van der Waals surface area (Å²) in [5.74, 6) is 4.57. The largest absolute Gasteiger partial charge is 0.457 e. The third-order valence-corrected chi connectivity index (χ3v) is 12.9. The lowest BCUT2D eigenvalue weighted by Gasteiger charge is -2.58. The fourth-order valence-corrected chi connectivity index (χ4v) is 10.3. The van der Waals surface area contributed by atoms with Gasteiger partial charge in [-0.1, -0.05) is 88.7 Å². The molecule has 0 spiro atoms. The molecule has 3 fully saturated rings. The van der Waals surface area contributed by atoms with Crippen molar-refractivity contribution in [1.82, 2.24) is 4.37 Å². The molecule has 1 aromatic heterocycles. The van der Waals surface area contributed by atoms with E-state index in [1.54, 1.807) is 0 Å². The average molecular weight is 567 g/mol. The van der Waals surface area contributed by atoms with E-state index in [0.29, 0.717) is 9.75 Å². The molecule has 1 aromatic rings. The van der Waals surface area contributed by atoms with Crippen molar-refractivity contribution in [2.45, 2.75) is 111 Å². The minimum Gasteiger partial charge on any atom is -0.457 e. The number of ether oxygens (including phenoxy) is 1. The standard InChI is InChI=1S/C31H45Cl2NO2S/c1-18(2)7-6-8-19(3)23-11-12-24-22-10-9-20-17-21(36-29(35)27-26(32)28(33)37-34-27)13-15-30(20,4)25(22)14-16-31(23,24)5/h9,18-19,21-25H,6-8,10-17H2,1-5H3/t19-,21+,22+,23-,24-,25-,30+,31-/m1/s1. The Morgan fingerprint density at radius 1 is 1.11 bits per heavy atom. The molecule has 0 N–H and O–H groups in total. The second-order valence-corrected chi connectivity index (χ2v) is 15.4. The van der Waals surface area contributed by atoms with Gasteiger partial charge in [-0.25, -0.2) is 4.79 Å².